The normalized spacial score (nSPS) is 21.7. The molecule has 1 aliphatic carbocycles. The summed E-state index contributed by atoms with van der Waals surface area (Å²) >= 11 is 0. The van der Waals surface area contributed by atoms with Crippen LogP contribution in [-0.2, 0) is 4.79 Å². The molecule has 1 fully saturated rings. The summed E-state index contributed by atoms with van der Waals surface area (Å²) in [6.45, 7) is 9.08. The molecule has 0 saturated heterocycles. The SMILES string of the molecule is CC1(C)CC(NC(=O)NCCC(=O)O)CC(C)(C)C1. The van der Waals surface area contributed by atoms with Crippen molar-refractivity contribution in [3.8, 4) is 0 Å². The van der Waals surface area contributed by atoms with Gasteiger partial charge in [-0.3, -0.25) is 4.79 Å². The number of carboxylic acid groups (broad SMARTS) is 1. The van der Waals surface area contributed by atoms with E-state index >= 15 is 0 Å². The van der Waals surface area contributed by atoms with E-state index in [0.29, 0.717) is 0 Å². The Bertz CT molecular complexity index is 335. The van der Waals surface area contributed by atoms with E-state index in [4.69, 9.17) is 5.11 Å². The minimum atomic E-state index is -0.903. The summed E-state index contributed by atoms with van der Waals surface area (Å²) in [5.74, 6) is -0.903. The van der Waals surface area contributed by atoms with E-state index in [1.54, 1.807) is 0 Å². The number of aliphatic carboxylic acids is 1. The number of amides is 2. The van der Waals surface area contributed by atoms with Crippen LogP contribution in [0, 0.1) is 10.8 Å². The molecule has 1 rings (SSSR count). The van der Waals surface area contributed by atoms with Crippen LogP contribution in [0.3, 0.4) is 0 Å². The highest BCUT2D eigenvalue weighted by molar-refractivity contribution is 5.75. The number of carboxylic acids is 1. The molecular formula is C14H26N2O3. The number of carbonyl (C=O) groups excluding carboxylic acids is 1. The molecule has 5 heteroatoms. The van der Waals surface area contributed by atoms with E-state index in [2.05, 4.69) is 38.3 Å². The van der Waals surface area contributed by atoms with Crippen molar-refractivity contribution in [3.05, 3.63) is 0 Å². The molecule has 1 aliphatic rings. The van der Waals surface area contributed by atoms with Gasteiger partial charge in [0.2, 0.25) is 0 Å². The number of hydrogen-bond donors (Lipinski definition) is 3. The molecule has 0 unspecified atom stereocenters. The molecule has 0 aromatic rings. The van der Waals surface area contributed by atoms with E-state index in [0.717, 1.165) is 19.3 Å². The first kappa shape index (κ1) is 15.8. The molecule has 3 N–H and O–H groups in total. The second-order valence-electron chi connectivity index (χ2n) is 7.15. The highest BCUT2D eigenvalue weighted by atomic mass is 16.4. The zero-order chi connectivity index (χ0) is 14.7. The van der Waals surface area contributed by atoms with Gasteiger partial charge in [-0.25, -0.2) is 4.79 Å². The number of hydrogen-bond acceptors (Lipinski definition) is 2. The molecule has 0 aromatic heterocycles. The fraction of sp³-hybridized carbons (Fsp3) is 0.857. The first-order valence-electron chi connectivity index (χ1n) is 6.86. The molecular weight excluding hydrogens is 244 g/mol. The van der Waals surface area contributed by atoms with Crippen LogP contribution in [0.25, 0.3) is 0 Å². The van der Waals surface area contributed by atoms with Gasteiger partial charge in [0.1, 0.15) is 0 Å². The van der Waals surface area contributed by atoms with Crippen molar-refractivity contribution in [2.24, 2.45) is 10.8 Å². The predicted molar refractivity (Wildman–Crippen MR) is 74.0 cm³/mol. The topological polar surface area (TPSA) is 78.4 Å². The van der Waals surface area contributed by atoms with Crippen molar-refractivity contribution in [2.45, 2.75) is 59.4 Å². The zero-order valence-electron chi connectivity index (χ0n) is 12.4. The Morgan fingerprint density at radius 3 is 2.16 bits per heavy atom. The summed E-state index contributed by atoms with van der Waals surface area (Å²) in [5.41, 5.74) is 0.446. The molecule has 0 aromatic carbocycles. The van der Waals surface area contributed by atoms with Crippen LogP contribution in [0.2, 0.25) is 0 Å². The maximum absolute atomic E-state index is 11.7. The molecule has 1 saturated carbocycles. The maximum atomic E-state index is 11.7. The van der Waals surface area contributed by atoms with Gasteiger partial charge in [0.15, 0.2) is 0 Å². The Morgan fingerprint density at radius 2 is 1.68 bits per heavy atom. The molecule has 0 radical (unpaired) electrons. The Kier molecular flexibility index (Phi) is 4.82. The van der Waals surface area contributed by atoms with Gasteiger partial charge in [-0.15, -0.1) is 0 Å². The van der Waals surface area contributed by atoms with E-state index in [9.17, 15) is 9.59 Å². The smallest absolute Gasteiger partial charge is 0.315 e. The van der Waals surface area contributed by atoms with Crippen molar-refractivity contribution in [1.82, 2.24) is 10.6 Å². The molecule has 0 atom stereocenters. The molecule has 19 heavy (non-hydrogen) atoms. The van der Waals surface area contributed by atoms with Crippen LogP contribution in [-0.4, -0.2) is 29.7 Å². The second-order valence-corrected chi connectivity index (χ2v) is 7.15. The van der Waals surface area contributed by atoms with Gasteiger partial charge in [-0.2, -0.15) is 0 Å². The first-order valence-corrected chi connectivity index (χ1v) is 6.86. The van der Waals surface area contributed by atoms with Crippen LogP contribution in [0.1, 0.15) is 53.4 Å². The molecule has 2 amide bonds. The van der Waals surface area contributed by atoms with Crippen LogP contribution >= 0.6 is 0 Å². The third-order valence-corrected chi connectivity index (χ3v) is 3.51. The van der Waals surface area contributed by atoms with Crippen molar-refractivity contribution in [1.29, 1.82) is 0 Å². The third-order valence-electron chi connectivity index (χ3n) is 3.51. The van der Waals surface area contributed by atoms with E-state index in [-0.39, 0.29) is 35.9 Å². The van der Waals surface area contributed by atoms with Crippen molar-refractivity contribution in [3.63, 3.8) is 0 Å². The first-order chi connectivity index (χ1) is 8.60. The Balaban J connectivity index is 2.43. The lowest BCUT2D eigenvalue weighted by molar-refractivity contribution is -0.136. The van der Waals surface area contributed by atoms with Crippen LogP contribution in [0.4, 0.5) is 4.79 Å². The molecule has 5 nitrogen and oxygen atoms in total. The summed E-state index contributed by atoms with van der Waals surface area (Å²) < 4.78 is 0. The largest absolute Gasteiger partial charge is 0.481 e. The number of urea groups is 1. The van der Waals surface area contributed by atoms with Crippen molar-refractivity contribution >= 4 is 12.0 Å². The lowest BCUT2D eigenvalue weighted by atomic mass is 9.63. The summed E-state index contributed by atoms with van der Waals surface area (Å²) in [4.78, 5) is 22.1. The minimum absolute atomic E-state index is 0.0466. The molecule has 0 heterocycles. The van der Waals surface area contributed by atoms with Gasteiger partial charge in [-0.05, 0) is 30.1 Å². The van der Waals surface area contributed by atoms with E-state index in [1.165, 1.54) is 0 Å². The van der Waals surface area contributed by atoms with Crippen molar-refractivity contribution in [2.75, 3.05) is 6.54 Å². The van der Waals surface area contributed by atoms with Gasteiger partial charge in [-0.1, -0.05) is 27.7 Å². The maximum Gasteiger partial charge on any atom is 0.315 e. The second kappa shape index (κ2) is 5.80. The summed E-state index contributed by atoms with van der Waals surface area (Å²) in [5, 5.41) is 14.1. The van der Waals surface area contributed by atoms with Gasteiger partial charge in [0.25, 0.3) is 0 Å². The minimum Gasteiger partial charge on any atom is -0.481 e. The quantitative estimate of drug-likeness (QED) is 0.733. The molecule has 0 bridgehead atoms. The highest BCUT2D eigenvalue weighted by Gasteiger charge is 2.38. The Hall–Kier alpha value is -1.26. The van der Waals surface area contributed by atoms with Gasteiger partial charge < -0.3 is 15.7 Å². The average Bonchev–Trinajstić information content (AvgIpc) is 2.10. The molecule has 110 valence electrons. The fourth-order valence-electron chi connectivity index (χ4n) is 3.47. The molecule has 0 aliphatic heterocycles. The summed E-state index contributed by atoms with van der Waals surface area (Å²) in [6, 6.07) is -0.108. The van der Waals surface area contributed by atoms with Crippen LogP contribution < -0.4 is 10.6 Å². The standard InChI is InChI=1S/C14H26N2O3/c1-13(2)7-10(8-14(3,4)9-13)16-12(19)15-6-5-11(17)18/h10H,5-9H2,1-4H3,(H,17,18)(H2,15,16,19). The summed E-state index contributed by atoms with van der Waals surface area (Å²) in [6.07, 6.45) is 3.03. The molecule has 0 spiro atoms. The van der Waals surface area contributed by atoms with Crippen LogP contribution in [0.15, 0.2) is 0 Å². The van der Waals surface area contributed by atoms with Gasteiger partial charge >= 0.3 is 12.0 Å². The zero-order valence-corrected chi connectivity index (χ0v) is 12.4. The van der Waals surface area contributed by atoms with Crippen LogP contribution in [0.5, 0.6) is 0 Å². The predicted octanol–water partition coefficient (Wildman–Crippen LogP) is 2.37. The number of rotatable bonds is 4. The lowest BCUT2D eigenvalue weighted by Gasteiger charge is -2.45. The van der Waals surface area contributed by atoms with Gasteiger partial charge in [0, 0.05) is 12.6 Å². The number of carbonyl (C=O) groups is 2. The highest BCUT2D eigenvalue weighted by Crippen LogP contribution is 2.45. The van der Waals surface area contributed by atoms with Crippen molar-refractivity contribution < 1.29 is 14.7 Å². The monoisotopic (exact) mass is 270 g/mol. The lowest BCUT2D eigenvalue weighted by Crippen LogP contribution is -2.49. The fourth-order valence-corrected chi connectivity index (χ4v) is 3.47. The average molecular weight is 270 g/mol. The summed E-state index contributed by atoms with van der Waals surface area (Å²) in [7, 11) is 0. The van der Waals surface area contributed by atoms with E-state index < -0.39 is 5.97 Å². The van der Waals surface area contributed by atoms with E-state index in [1.807, 2.05) is 0 Å². The third kappa shape index (κ3) is 5.94. The Labute approximate surface area is 115 Å². The van der Waals surface area contributed by atoms with Gasteiger partial charge in [0.05, 0.1) is 6.42 Å². The Morgan fingerprint density at radius 1 is 1.16 bits per heavy atom. The number of nitrogens with one attached hydrogen (secondary N) is 2.